The molecule has 0 bridgehead atoms. The minimum Gasteiger partial charge on any atom is -0.357 e. The predicted molar refractivity (Wildman–Crippen MR) is 107 cm³/mol. The van der Waals surface area contributed by atoms with Gasteiger partial charge in [0, 0.05) is 38.3 Å². The van der Waals surface area contributed by atoms with Gasteiger partial charge in [-0.15, -0.1) is 0 Å². The number of carbonyl (C=O) groups is 1. The number of carbonyl (C=O) groups excluding carboxylic acids is 1. The highest BCUT2D eigenvalue weighted by atomic mass is 16.2. The maximum Gasteiger partial charge on any atom is 0.319 e. The standard InChI is InChI=1S/C19H25N7O/c1-5-26(6-2)17-8-7-14(10-20-17)11-22-19(27)23-15-9-16-13(3)24-25(4)18(16)21-12-15/h7-10,12H,5-6,11H2,1-4H3,(H2,22,23,27). The van der Waals surface area contributed by atoms with E-state index in [1.165, 1.54) is 0 Å². The number of nitrogens with zero attached hydrogens (tertiary/aromatic N) is 5. The Morgan fingerprint density at radius 1 is 1.19 bits per heavy atom. The van der Waals surface area contributed by atoms with Crippen LogP contribution in [0.3, 0.4) is 0 Å². The lowest BCUT2D eigenvalue weighted by Gasteiger charge is -2.19. The number of fused-ring (bicyclic) bond motifs is 1. The van der Waals surface area contributed by atoms with Crippen LogP contribution in [0.25, 0.3) is 11.0 Å². The number of hydrogen-bond donors (Lipinski definition) is 2. The number of pyridine rings is 2. The minimum absolute atomic E-state index is 0.287. The van der Waals surface area contributed by atoms with E-state index in [9.17, 15) is 4.79 Å². The fourth-order valence-electron chi connectivity index (χ4n) is 2.99. The molecule has 0 aliphatic rings. The lowest BCUT2D eigenvalue weighted by atomic mass is 10.2. The molecule has 27 heavy (non-hydrogen) atoms. The van der Waals surface area contributed by atoms with Crippen molar-refractivity contribution in [2.75, 3.05) is 23.3 Å². The molecule has 3 aromatic rings. The van der Waals surface area contributed by atoms with Crippen molar-refractivity contribution >= 4 is 28.6 Å². The van der Waals surface area contributed by atoms with Crippen molar-refractivity contribution in [3.8, 4) is 0 Å². The number of anilines is 2. The summed E-state index contributed by atoms with van der Waals surface area (Å²) in [6.45, 7) is 8.35. The van der Waals surface area contributed by atoms with Gasteiger partial charge in [0.05, 0.1) is 17.6 Å². The fraction of sp³-hybridized carbons (Fsp3) is 0.368. The first-order valence-corrected chi connectivity index (χ1v) is 9.05. The molecule has 3 rings (SSSR count). The van der Waals surface area contributed by atoms with Gasteiger partial charge in [0.15, 0.2) is 5.65 Å². The van der Waals surface area contributed by atoms with Crippen LogP contribution in [0.15, 0.2) is 30.6 Å². The van der Waals surface area contributed by atoms with Crippen molar-refractivity contribution in [1.29, 1.82) is 0 Å². The molecule has 0 fully saturated rings. The molecule has 0 aliphatic heterocycles. The van der Waals surface area contributed by atoms with Crippen LogP contribution in [0.5, 0.6) is 0 Å². The van der Waals surface area contributed by atoms with E-state index in [1.807, 2.05) is 32.2 Å². The summed E-state index contributed by atoms with van der Waals surface area (Å²) in [5.74, 6) is 0.944. The van der Waals surface area contributed by atoms with E-state index in [4.69, 9.17) is 0 Å². The first kappa shape index (κ1) is 18.6. The molecule has 0 saturated carbocycles. The highest BCUT2D eigenvalue weighted by Crippen LogP contribution is 2.19. The van der Waals surface area contributed by atoms with Crippen LogP contribution in [-0.4, -0.2) is 38.9 Å². The summed E-state index contributed by atoms with van der Waals surface area (Å²) in [5, 5.41) is 10.9. The maximum atomic E-state index is 12.2. The number of urea groups is 1. The molecule has 8 nitrogen and oxygen atoms in total. The Bertz CT molecular complexity index is 929. The summed E-state index contributed by atoms with van der Waals surface area (Å²) in [4.78, 5) is 23.2. The zero-order chi connectivity index (χ0) is 19.4. The number of aryl methyl sites for hydroxylation is 2. The van der Waals surface area contributed by atoms with Gasteiger partial charge in [-0.25, -0.2) is 14.8 Å². The van der Waals surface area contributed by atoms with Crippen molar-refractivity contribution in [2.45, 2.75) is 27.3 Å². The summed E-state index contributed by atoms with van der Waals surface area (Å²) in [6.07, 6.45) is 3.42. The summed E-state index contributed by atoms with van der Waals surface area (Å²) in [7, 11) is 1.85. The van der Waals surface area contributed by atoms with E-state index in [-0.39, 0.29) is 6.03 Å². The van der Waals surface area contributed by atoms with Crippen molar-refractivity contribution in [3.63, 3.8) is 0 Å². The summed E-state index contributed by atoms with van der Waals surface area (Å²) in [6, 6.07) is 5.55. The summed E-state index contributed by atoms with van der Waals surface area (Å²) in [5.41, 5.74) is 3.24. The number of rotatable bonds is 6. The molecule has 8 heteroatoms. The average molecular weight is 367 g/mol. The molecule has 0 aliphatic carbocycles. The first-order chi connectivity index (χ1) is 13.0. The number of hydrogen-bond acceptors (Lipinski definition) is 5. The quantitative estimate of drug-likeness (QED) is 0.699. The molecule has 2 N–H and O–H groups in total. The van der Waals surface area contributed by atoms with Crippen LogP contribution in [0.2, 0.25) is 0 Å². The van der Waals surface area contributed by atoms with Gasteiger partial charge in [0.25, 0.3) is 0 Å². The van der Waals surface area contributed by atoms with Crippen LogP contribution < -0.4 is 15.5 Å². The highest BCUT2D eigenvalue weighted by molar-refractivity contribution is 5.92. The van der Waals surface area contributed by atoms with Crippen LogP contribution in [0, 0.1) is 6.92 Å². The average Bonchev–Trinajstić information content (AvgIpc) is 2.95. The largest absolute Gasteiger partial charge is 0.357 e. The van der Waals surface area contributed by atoms with Crippen LogP contribution >= 0.6 is 0 Å². The van der Waals surface area contributed by atoms with Gasteiger partial charge in [-0.3, -0.25) is 4.68 Å². The third-order valence-electron chi connectivity index (χ3n) is 4.47. The molecule has 0 atom stereocenters. The Morgan fingerprint density at radius 3 is 2.63 bits per heavy atom. The Labute approximate surface area is 158 Å². The van der Waals surface area contributed by atoms with Crippen LogP contribution in [0.1, 0.15) is 25.1 Å². The highest BCUT2D eigenvalue weighted by Gasteiger charge is 2.09. The summed E-state index contributed by atoms with van der Waals surface area (Å²) < 4.78 is 1.73. The second-order valence-electron chi connectivity index (χ2n) is 6.31. The molecular formula is C19H25N7O. The zero-order valence-electron chi connectivity index (χ0n) is 16.2. The second kappa shape index (κ2) is 8.03. The Balaban J connectivity index is 1.59. The van der Waals surface area contributed by atoms with Gasteiger partial charge in [0.1, 0.15) is 5.82 Å². The van der Waals surface area contributed by atoms with E-state index in [0.29, 0.717) is 12.2 Å². The van der Waals surface area contributed by atoms with Gasteiger partial charge in [-0.1, -0.05) is 6.07 Å². The van der Waals surface area contributed by atoms with Gasteiger partial charge in [-0.05, 0) is 38.5 Å². The smallest absolute Gasteiger partial charge is 0.319 e. The fourth-order valence-corrected chi connectivity index (χ4v) is 2.99. The van der Waals surface area contributed by atoms with E-state index in [1.54, 1.807) is 17.1 Å². The number of aromatic nitrogens is 4. The van der Waals surface area contributed by atoms with Crippen LogP contribution in [0.4, 0.5) is 16.3 Å². The van der Waals surface area contributed by atoms with Gasteiger partial charge in [0.2, 0.25) is 0 Å². The van der Waals surface area contributed by atoms with Crippen molar-refractivity contribution in [3.05, 3.63) is 41.9 Å². The predicted octanol–water partition coefficient (Wildman–Crippen LogP) is 2.84. The molecule has 0 radical (unpaired) electrons. The minimum atomic E-state index is -0.287. The molecule has 2 amide bonds. The van der Waals surface area contributed by atoms with E-state index in [2.05, 4.69) is 44.4 Å². The Hall–Kier alpha value is -3.16. The molecular weight excluding hydrogens is 342 g/mol. The van der Waals surface area contributed by atoms with Crippen molar-refractivity contribution in [1.82, 2.24) is 25.1 Å². The third-order valence-corrected chi connectivity index (χ3v) is 4.47. The van der Waals surface area contributed by atoms with E-state index in [0.717, 1.165) is 41.2 Å². The van der Waals surface area contributed by atoms with Gasteiger partial charge in [-0.2, -0.15) is 5.10 Å². The van der Waals surface area contributed by atoms with E-state index < -0.39 is 0 Å². The molecule has 0 aromatic carbocycles. The molecule has 3 heterocycles. The van der Waals surface area contributed by atoms with Crippen molar-refractivity contribution in [2.24, 2.45) is 7.05 Å². The normalized spacial score (nSPS) is 10.8. The SMILES string of the molecule is CCN(CC)c1ccc(CNC(=O)Nc2cnc3c(c2)c(C)nn3C)cn1. The van der Waals surface area contributed by atoms with Crippen LogP contribution in [-0.2, 0) is 13.6 Å². The van der Waals surface area contributed by atoms with Gasteiger partial charge >= 0.3 is 6.03 Å². The third kappa shape index (κ3) is 4.16. The monoisotopic (exact) mass is 367 g/mol. The molecule has 0 unspecified atom stereocenters. The molecule has 3 aromatic heterocycles. The van der Waals surface area contributed by atoms with Gasteiger partial charge < -0.3 is 15.5 Å². The Kier molecular flexibility index (Phi) is 5.54. The topological polar surface area (TPSA) is 88.0 Å². The lowest BCUT2D eigenvalue weighted by molar-refractivity contribution is 0.251. The zero-order valence-corrected chi connectivity index (χ0v) is 16.2. The maximum absolute atomic E-state index is 12.2. The number of nitrogens with one attached hydrogen (secondary N) is 2. The van der Waals surface area contributed by atoms with E-state index >= 15 is 0 Å². The molecule has 0 saturated heterocycles. The molecule has 0 spiro atoms. The molecule has 142 valence electrons. The Morgan fingerprint density at radius 2 is 1.96 bits per heavy atom. The summed E-state index contributed by atoms with van der Waals surface area (Å²) >= 11 is 0. The lowest BCUT2D eigenvalue weighted by Crippen LogP contribution is -2.28. The van der Waals surface area contributed by atoms with Crippen molar-refractivity contribution < 1.29 is 4.79 Å². The second-order valence-corrected chi connectivity index (χ2v) is 6.31. The number of amides is 2. The first-order valence-electron chi connectivity index (χ1n) is 9.05.